The van der Waals surface area contributed by atoms with Gasteiger partial charge in [-0.3, -0.25) is 4.79 Å². The Balaban J connectivity index is 1.85. The predicted octanol–water partition coefficient (Wildman–Crippen LogP) is 3.22. The van der Waals surface area contributed by atoms with Crippen LogP contribution in [0.5, 0.6) is 0 Å². The molecule has 1 aromatic carbocycles. The molecule has 0 spiro atoms. The molecule has 3 rings (SSSR count). The van der Waals surface area contributed by atoms with Crippen molar-refractivity contribution in [3.8, 4) is 5.69 Å². The predicted molar refractivity (Wildman–Crippen MR) is 81.5 cm³/mol. The lowest BCUT2D eigenvalue weighted by atomic mass is 9.93. The van der Waals surface area contributed by atoms with Gasteiger partial charge in [0.2, 0.25) is 5.91 Å². The molecule has 0 bridgehead atoms. The lowest BCUT2D eigenvalue weighted by Gasteiger charge is -2.18. The zero-order valence-electron chi connectivity index (χ0n) is 11.4. The van der Waals surface area contributed by atoms with Crippen LogP contribution in [0.15, 0.2) is 43.0 Å². The molecule has 1 aliphatic carbocycles. The summed E-state index contributed by atoms with van der Waals surface area (Å²) in [7, 11) is 0. The van der Waals surface area contributed by atoms with Gasteiger partial charge in [-0.05, 0) is 37.5 Å². The highest BCUT2D eigenvalue weighted by Crippen LogP contribution is 2.26. The molecule has 1 amide bonds. The Labute approximate surface area is 127 Å². The topological polar surface area (TPSA) is 59.8 Å². The number of nitrogens with one attached hydrogen (secondary N) is 1. The van der Waals surface area contributed by atoms with Crippen LogP contribution in [0, 0.1) is 5.92 Å². The number of rotatable bonds is 3. The zero-order chi connectivity index (χ0) is 14.7. The molecular weight excluding hydrogens is 288 g/mol. The first-order valence-corrected chi connectivity index (χ1v) is 7.22. The number of anilines is 1. The van der Waals surface area contributed by atoms with Gasteiger partial charge in [-0.2, -0.15) is 5.10 Å². The summed E-state index contributed by atoms with van der Waals surface area (Å²) in [5.41, 5.74) is 1.39. The van der Waals surface area contributed by atoms with E-state index in [0.717, 1.165) is 24.9 Å². The highest BCUT2D eigenvalue weighted by atomic mass is 35.5. The summed E-state index contributed by atoms with van der Waals surface area (Å²) in [6.07, 6.45) is 9.82. The molecule has 1 aromatic heterocycles. The second-order valence-electron chi connectivity index (χ2n) is 4.97. The van der Waals surface area contributed by atoms with E-state index >= 15 is 0 Å². The number of benzene rings is 1. The second-order valence-corrected chi connectivity index (χ2v) is 5.41. The Bertz CT molecular complexity index is 666. The summed E-state index contributed by atoms with van der Waals surface area (Å²) in [5, 5.41) is 7.63. The van der Waals surface area contributed by atoms with Crippen molar-refractivity contribution in [2.45, 2.75) is 19.3 Å². The zero-order valence-corrected chi connectivity index (χ0v) is 12.1. The number of amides is 1. The number of carbonyl (C=O) groups is 1. The van der Waals surface area contributed by atoms with Gasteiger partial charge < -0.3 is 5.32 Å². The van der Waals surface area contributed by atoms with Crippen molar-refractivity contribution in [3.05, 3.63) is 48.0 Å². The van der Waals surface area contributed by atoms with Gasteiger partial charge in [0.05, 0.1) is 11.4 Å². The molecule has 2 aromatic rings. The van der Waals surface area contributed by atoms with Gasteiger partial charge in [0, 0.05) is 10.9 Å². The SMILES string of the molecule is O=C(Nc1cc(Cl)ccc1-n1cncn1)C1CC=CCC1. The molecule has 6 heteroatoms. The van der Waals surface area contributed by atoms with Crippen molar-refractivity contribution >= 4 is 23.2 Å². The van der Waals surface area contributed by atoms with Crippen LogP contribution in [0.3, 0.4) is 0 Å². The van der Waals surface area contributed by atoms with Gasteiger partial charge in [0.15, 0.2) is 0 Å². The van der Waals surface area contributed by atoms with Crippen LogP contribution >= 0.6 is 11.6 Å². The number of nitrogens with zero attached hydrogens (tertiary/aromatic N) is 3. The van der Waals surface area contributed by atoms with E-state index in [0.29, 0.717) is 10.7 Å². The average Bonchev–Trinajstić information content (AvgIpc) is 3.02. The van der Waals surface area contributed by atoms with E-state index in [1.807, 2.05) is 6.07 Å². The highest BCUT2D eigenvalue weighted by molar-refractivity contribution is 6.31. The number of hydrogen-bond donors (Lipinski definition) is 1. The lowest BCUT2D eigenvalue weighted by Crippen LogP contribution is -2.24. The van der Waals surface area contributed by atoms with E-state index in [1.165, 1.54) is 6.33 Å². The van der Waals surface area contributed by atoms with Crippen LogP contribution in [0.4, 0.5) is 5.69 Å². The van der Waals surface area contributed by atoms with Crippen LogP contribution in [0.1, 0.15) is 19.3 Å². The Morgan fingerprint density at radius 1 is 1.38 bits per heavy atom. The van der Waals surface area contributed by atoms with Gasteiger partial charge in [-0.1, -0.05) is 23.8 Å². The van der Waals surface area contributed by atoms with Gasteiger partial charge in [-0.25, -0.2) is 9.67 Å². The largest absolute Gasteiger partial charge is 0.324 e. The number of carbonyl (C=O) groups excluding carboxylic acids is 1. The molecule has 0 fully saturated rings. The highest BCUT2D eigenvalue weighted by Gasteiger charge is 2.20. The average molecular weight is 303 g/mol. The number of aromatic nitrogens is 3. The van der Waals surface area contributed by atoms with Gasteiger partial charge in [0.1, 0.15) is 12.7 Å². The van der Waals surface area contributed by atoms with E-state index < -0.39 is 0 Å². The molecule has 21 heavy (non-hydrogen) atoms. The molecule has 5 nitrogen and oxygen atoms in total. The smallest absolute Gasteiger partial charge is 0.227 e. The van der Waals surface area contributed by atoms with Gasteiger partial charge in [0.25, 0.3) is 0 Å². The fraction of sp³-hybridized carbons (Fsp3) is 0.267. The molecule has 1 aliphatic rings. The Kier molecular flexibility index (Phi) is 4.01. The third kappa shape index (κ3) is 3.13. The minimum Gasteiger partial charge on any atom is -0.324 e. The summed E-state index contributed by atoms with van der Waals surface area (Å²) < 4.78 is 1.60. The molecule has 0 saturated carbocycles. The normalized spacial score (nSPS) is 17.7. The molecular formula is C15H15ClN4O. The first-order valence-electron chi connectivity index (χ1n) is 6.84. The van der Waals surface area contributed by atoms with Crippen molar-refractivity contribution in [2.24, 2.45) is 5.92 Å². The first-order chi connectivity index (χ1) is 10.2. The van der Waals surface area contributed by atoms with Crippen molar-refractivity contribution in [1.29, 1.82) is 0 Å². The van der Waals surface area contributed by atoms with Crippen LogP contribution < -0.4 is 5.32 Å². The van der Waals surface area contributed by atoms with E-state index in [2.05, 4.69) is 27.6 Å². The molecule has 0 saturated heterocycles. The number of hydrogen-bond acceptors (Lipinski definition) is 3. The summed E-state index contributed by atoms with van der Waals surface area (Å²) in [6.45, 7) is 0. The molecule has 1 unspecified atom stereocenters. The van der Waals surface area contributed by atoms with Crippen LogP contribution in [0.25, 0.3) is 5.69 Å². The van der Waals surface area contributed by atoms with Crippen molar-refractivity contribution in [3.63, 3.8) is 0 Å². The maximum absolute atomic E-state index is 12.4. The minimum absolute atomic E-state index is 0.0116. The molecule has 108 valence electrons. The standard InChI is InChI=1S/C15H15ClN4O/c16-12-6-7-14(20-10-17-9-18-20)13(8-12)19-15(21)11-4-2-1-3-5-11/h1-2,6-11H,3-5H2,(H,19,21). The minimum atomic E-state index is 0.0116. The molecule has 1 atom stereocenters. The van der Waals surface area contributed by atoms with Crippen LogP contribution in [0.2, 0.25) is 5.02 Å². The Hall–Kier alpha value is -2.14. The van der Waals surface area contributed by atoms with Crippen molar-refractivity contribution < 1.29 is 4.79 Å². The molecule has 1 heterocycles. The summed E-state index contributed by atoms with van der Waals surface area (Å²) in [5.74, 6) is 0.0283. The van der Waals surface area contributed by atoms with Crippen molar-refractivity contribution in [1.82, 2.24) is 14.8 Å². The van der Waals surface area contributed by atoms with Crippen LogP contribution in [-0.4, -0.2) is 20.7 Å². The lowest BCUT2D eigenvalue weighted by molar-refractivity contribution is -0.120. The third-order valence-electron chi connectivity index (χ3n) is 3.52. The Morgan fingerprint density at radius 2 is 2.29 bits per heavy atom. The molecule has 0 aliphatic heterocycles. The quantitative estimate of drug-likeness (QED) is 0.886. The number of allylic oxidation sites excluding steroid dienone is 2. The van der Waals surface area contributed by atoms with Gasteiger partial charge >= 0.3 is 0 Å². The van der Waals surface area contributed by atoms with Crippen LogP contribution in [-0.2, 0) is 4.79 Å². The summed E-state index contributed by atoms with van der Waals surface area (Å²) in [4.78, 5) is 16.3. The molecule has 1 N–H and O–H groups in total. The van der Waals surface area contributed by atoms with E-state index in [1.54, 1.807) is 23.1 Å². The fourth-order valence-corrected chi connectivity index (χ4v) is 2.58. The maximum atomic E-state index is 12.4. The summed E-state index contributed by atoms with van der Waals surface area (Å²) >= 11 is 6.04. The van der Waals surface area contributed by atoms with E-state index in [4.69, 9.17) is 11.6 Å². The third-order valence-corrected chi connectivity index (χ3v) is 3.76. The fourth-order valence-electron chi connectivity index (χ4n) is 2.41. The summed E-state index contributed by atoms with van der Waals surface area (Å²) in [6, 6.07) is 5.31. The van der Waals surface area contributed by atoms with E-state index in [9.17, 15) is 4.79 Å². The monoisotopic (exact) mass is 302 g/mol. The van der Waals surface area contributed by atoms with E-state index in [-0.39, 0.29) is 11.8 Å². The maximum Gasteiger partial charge on any atom is 0.227 e. The Morgan fingerprint density at radius 3 is 3.00 bits per heavy atom. The van der Waals surface area contributed by atoms with Crippen molar-refractivity contribution in [2.75, 3.05) is 5.32 Å². The molecule has 0 radical (unpaired) electrons. The second kappa shape index (κ2) is 6.10. The number of halogens is 1. The van der Waals surface area contributed by atoms with Gasteiger partial charge in [-0.15, -0.1) is 0 Å². The first kappa shape index (κ1) is 13.8.